The van der Waals surface area contributed by atoms with E-state index in [9.17, 15) is 9.18 Å². The fourth-order valence-electron chi connectivity index (χ4n) is 4.07. The topological polar surface area (TPSA) is 92.4 Å². The number of nitrogens with two attached hydrogens (primary N) is 1. The number of aryl methyl sites for hydroxylation is 1. The van der Waals surface area contributed by atoms with Gasteiger partial charge >= 0.3 is 0 Å². The smallest absolute Gasteiger partial charge is 0.244 e. The van der Waals surface area contributed by atoms with E-state index in [-0.39, 0.29) is 17.6 Å². The molecule has 1 aliphatic rings. The highest BCUT2D eigenvalue weighted by atomic mass is 19.1. The van der Waals surface area contributed by atoms with E-state index < -0.39 is 0 Å². The summed E-state index contributed by atoms with van der Waals surface area (Å²) in [5.41, 5.74) is 7.71. The van der Waals surface area contributed by atoms with E-state index in [2.05, 4.69) is 27.5 Å². The molecule has 1 amide bonds. The summed E-state index contributed by atoms with van der Waals surface area (Å²) in [6.07, 6.45) is 7.10. The van der Waals surface area contributed by atoms with E-state index in [0.717, 1.165) is 18.2 Å². The van der Waals surface area contributed by atoms with Gasteiger partial charge in [-0.2, -0.15) is 4.99 Å². The molecule has 1 aromatic carbocycles. The highest BCUT2D eigenvalue weighted by Crippen LogP contribution is 2.24. The molecule has 3 rings (SSSR count). The van der Waals surface area contributed by atoms with Crippen LogP contribution in [0.15, 0.2) is 23.2 Å². The number of halogens is 1. The van der Waals surface area contributed by atoms with Crippen LogP contribution in [0.5, 0.6) is 0 Å². The lowest BCUT2D eigenvalue weighted by Crippen LogP contribution is -2.37. The first-order valence-corrected chi connectivity index (χ1v) is 10.8. The molecule has 1 aliphatic carbocycles. The number of amides is 1. The van der Waals surface area contributed by atoms with Crippen LogP contribution in [0.3, 0.4) is 0 Å². The van der Waals surface area contributed by atoms with Crippen LogP contribution in [0.1, 0.15) is 63.5 Å². The predicted octanol–water partition coefficient (Wildman–Crippen LogP) is 4.05. The summed E-state index contributed by atoms with van der Waals surface area (Å²) in [4.78, 5) is 19.9. The molecule has 0 bridgehead atoms. The van der Waals surface area contributed by atoms with Gasteiger partial charge < -0.3 is 16.4 Å². The summed E-state index contributed by atoms with van der Waals surface area (Å²) in [5, 5.41) is 7.85. The molecule has 1 fully saturated rings. The first-order chi connectivity index (χ1) is 14.4. The molecule has 0 radical (unpaired) electrons. The number of hydrogen-bond donors (Lipinski definition) is 3. The van der Waals surface area contributed by atoms with E-state index in [4.69, 9.17) is 5.73 Å². The maximum Gasteiger partial charge on any atom is 0.244 e. The monoisotopic (exact) mass is 413 g/mol. The molecule has 1 heterocycles. The lowest BCUT2D eigenvalue weighted by Gasteiger charge is -2.22. The van der Waals surface area contributed by atoms with Crippen molar-refractivity contribution in [3.63, 3.8) is 0 Å². The Morgan fingerprint density at radius 1 is 1.33 bits per heavy atom. The summed E-state index contributed by atoms with van der Waals surface area (Å²) in [5.74, 6) is -0.0481. The van der Waals surface area contributed by atoms with Crippen molar-refractivity contribution in [1.29, 1.82) is 0 Å². The normalized spacial score (nSPS) is 16.2. The van der Waals surface area contributed by atoms with E-state index >= 15 is 0 Å². The molecule has 7 heteroatoms. The molecular formula is C23H32FN5O. The van der Waals surface area contributed by atoms with Crippen LogP contribution in [0, 0.1) is 12.7 Å². The van der Waals surface area contributed by atoms with Gasteiger partial charge in [-0.05, 0) is 50.3 Å². The van der Waals surface area contributed by atoms with Crippen molar-refractivity contribution in [2.24, 2.45) is 10.7 Å². The van der Waals surface area contributed by atoms with Gasteiger partial charge in [-0.1, -0.05) is 19.8 Å². The second-order valence-corrected chi connectivity index (χ2v) is 8.16. The summed E-state index contributed by atoms with van der Waals surface area (Å²) >= 11 is 0. The number of anilines is 1. The molecule has 1 saturated carbocycles. The van der Waals surface area contributed by atoms with Gasteiger partial charge in [-0.15, -0.1) is 0 Å². The van der Waals surface area contributed by atoms with E-state index in [1.165, 1.54) is 38.7 Å². The summed E-state index contributed by atoms with van der Waals surface area (Å²) in [6, 6.07) is 6.01. The van der Waals surface area contributed by atoms with Gasteiger partial charge in [0.2, 0.25) is 5.91 Å². The van der Waals surface area contributed by atoms with Crippen LogP contribution in [0.25, 0.3) is 10.9 Å². The number of fused-ring (bicyclic) bond motifs is 1. The van der Waals surface area contributed by atoms with Gasteiger partial charge in [0.05, 0.1) is 11.1 Å². The molecule has 1 unspecified atom stereocenters. The minimum Gasteiger partial charge on any atom is -0.383 e. The molecule has 4 N–H and O–H groups in total. The Morgan fingerprint density at radius 3 is 2.73 bits per heavy atom. The second-order valence-electron chi connectivity index (χ2n) is 8.16. The number of pyridine rings is 1. The lowest BCUT2D eigenvalue weighted by molar-refractivity contribution is -0.115. The highest BCUT2D eigenvalue weighted by Gasteiger charge is 2.18. The second kappa shape index (κ2) is 9.98. The number of nitrogens with one attached hydrogen (secondary N) is 2. The number of aliphatic imine (C=N–C) groups is 1. The maximum absolute atomic E-state index is 14.0. The number of aromatic nitrogens is 1. The standard InChI is InChI=1S/C23H32FN5O/c1-4-17(28-18-7-5-6-8-18)9-10-26-23-19(22(25)27-15(3)30)12-16-11-14(2)20(24)13-21(16)29-23/h11-13,17-18,28H,4-10H2,1-3H3,(H,26,29)(H2,25,27,30). The van der Waals surface area contributed by atoms with E-state index in [0.29, 0.717) is 41.1 Å². The Kier molecular flexibility index (Phi) is 7.37. The molecule has 0 saturated heterocycles. The van der Waals surface area contributed by atoms with Gasteiger partial charge in [0.15, 0.2) is 0 Å². The zero-order valence-corrected chi connectivity index (χ0v) is 18.1. The minimum atomic E-state index is -0.374. The SMILES string of the molecule is CCC(CCNc1nc2cc(F)c(C)cc2cc1C(N)=NC(C)=O)NC1CCCC1. The first-order valence-electron chi connectivity index (χ1n) is 10.8. The van der Waals surface area contributed by atoms with Crippen molar-refractivity contribution in [3.8, 4) is 0 Å². The Labute approximate surface area is 177 Å². The van der Waals surface area contributed by atoms with Crippen molar-refractivity contribution in [2.45, 2.75) is 71.4 Å². The lowest BCUT2D eigenvalue weighted by atomic mass is 10.1. The highest BCUT2D eigenvalue weighted by molar-refractivity contribution is 6.08. The van der Waals surface area contributed by atoms with Crippen molar-refractivity contribution < 1.29 is 9.18 Å². The Bertz CT molecular complexity index is 937. The van der Waals surface area contributed by atoms with Crippen LogP contribution in [-0.4, -0.2) is 35.4 Å². The van der Waals surface area contributed by atoms with Gasteiger partial charge in [-0.25, -0.2) is 9.37 Å². The Hall–Kier alpha value is -2.54. The molecule has 1 aromatic heterocycles. The molecule has 0 spiro atoms. The minimum absolute atomic E-state index is 0.109. The van der Waals surface area contributed by atoms with Crippen LogP contribution in [0.4, 0.5) is 10.2 Å². The summed E-state index contributed by atoms with van der Waals surface area (Å²) in [7, 11) is 0. The fourth-order valence-corrected chi connectivity index (χ4v) is 4.07. The largest absolute Gasteiger partial charge is 0.383 e. The molecule has 2 aromatic rings. The number of carbonyl (C=O) groups is 1. The van der Waals surface area contributed by atoms with Crippen LogP contribution >= 0.6 is 0 Å². The van der Waals surface area contributed by atoms with E-state index in [1.807, 2.05) is 6.07 Å². The number of carbonyl (C=O) groups excluding carboxylic acids is 1. The number of benzene rings is 1. The molecule has 162 valence electrons. The third-order valence-electron chi connectivity index (χ3n) is 5.75. The third kappa shape index (κ3) is 5.53. The number of rotatable bonds is 8. The Morgan fingerprint density at radius 2 is 2.07 bits per heavy atom. The molecule has 1 atom stereocenters. The summed E-state index contributed by atoms with van der Waals surface area (Å²) in [6.45, 7) is 5.94. The van der Waals surface area contributed by atoms with Crippen molar-refractivity contribution >= 4 is 28.5 Å². The van der Waals surface area contributed by atoms with Gasteiger partial charge in [0.25, 0.3) is 0 Å². The van der Waals surface area contributed by atoms with Crippen molar-refractivity contribution in [2.75, 3.05) is 11.9 Å². The quantitative estimate of drug-likeness (QED) is 0.449. The van der Waals surface area contributed by atoms with Gasteiger partial charge in [0, 0.05) is 37.0 Å². The number of nitrogens with zero attached hydrogens (tertiary/aromatic N) is 2. The zero-order chi connectivity index (χ0) is 21.7. The molecular weight excluding hydrogens is 381 g/mol. The third-order valence-corrected chi connectivity index (χ3v) is 5.75. The van der Waals surface area contributed by atoms with E-state index in [1.54, 1.807) is 13.0 Å². The molecule has 30 heavy (non-hydrogen) atoms. The number of hydrogen-bond acceptors (Lipinski definition) is 4. The first kappa shape index (κ1) is 22.2. The van der Waals surface area contributed by atoms with Crippen molar-refractivity contribution in [3.05, 3.63) is 35.1 Å². The summed E-state index contributed by atoms with van der Waals surface area (Å²) < 4.78 is 14.0. The maximum atomic E-state index is 14.0. The Balaban J connectivity index is 1.81. The number of amidine groups is 1. The van der Waals surface area contributed by atoms with Crippen molar-refractivity contribution in [1.82, 2.24) is 10.3 Å². The van der Waals surface area contributed by atoms with Crippen LogP contribution in [-0.2, 0) is 4.79 Å². The van der Waals surface area contributed by atoms with Crippen LogP contribution < -0.4 is 16.4 Å². The average Bonchev–Trinajstić information content (AvgIpc) is 3.20. The van der Waals surface area contributed by atoms with Gasteiger partial charge in [-0.3, -0.25) is 4.79 Å². The fraction of sp³-hybridized carbons (Fsp3) is 0.522. The van der Waals surface area contributed by atoms with Gasteiger partial charge in [0.1, 0.15) is 17.5 Å². The van der Waals surface area contributed by atoms with Crippen LogP contribution in [0.2, 0.25) is 0 Å². The molecule has 6 nitrogen and oxygen atoms in total. The zero-order valence-electron chi connectivity index (χ0n) is 18.1. The predicted molar refractivity (Wildman–Crippen MR) is 120 cm³/mol. The average molecular weight is 414 g/mol. The molecule has 0 aliphatic heterocycles.